The van der Waals surface area contributed by atoms with E-state index in [-0.39, 0.29) is 10.6 Å². The first-order valence-corrected chi connectivity index (χ1v) is 8.65. The molecular formula is C16H12N4O2S. The summed E-state index contributed by atoms with van der Waals surface area (Å²) in [5, 5.41) is 7.93. The van der Waals surface area contributed by atoms with E-state index >= 15 is 0 Å². The third-order valence-corrected chi connectivity index (χ3v) is 5.28. The zero-order chi connectivity index (χ0) is 15.9. The monoisotopic (exact) mass is 324 g/mol. The van der Waals surface area contributed by atoms with Crippen molar-refractivity contribution in [1.29, 1.82) is 0 Å². The maximum Gasteiger partial charge on any atom is 0.184 e. The Morgan fingerprint density at radius 1 is 0.957 bits per heavy atom. The summed E-state index contributed by atoms with van der Waals surface area (Å²) >= 11 is 0. The SMILES string of the molecule is O=S(=O)(Cc1nc2ccccc2n2cnnc12)c1ccccc1. The van der Waals surface area contributed by atoms with Crippen LogP contribution in [-0.2, 0) is 15.6 Å². The quantitative estimate of drug-likeness (QED) is 0.577. The zero-order valence-electron chi connectivity index (χ0n) is 12.0. The van der Waals surface area contributed by atoms with Crippen molar-refractivity contribution in [1.82, 2.24) is 19.6 Å². The number of sulfone groups is 1. The Balaban J connectivity index is 1.90. The molecule has 4 aromatic rings. The average Bonchev–Trinajstić information content (AvgIpc) is 3.06. The van der Waals surface area contributed by atoms with Crippen LogP contribution in [0.2, 0.25) is 0 Å². The van der Waals surface area contributed by atoms with E-state index in [1.807, 2.05) is 24.3 Å². The minimum Gasteiger partial charge on any atom is -0.278 e. The highest BCUT2D eigenvalue weighted by molar-refractivity contribution is 7.90. The van der Waals surface area contributed by atoms with Crippen molar-refractivity contribution in [2.75, 3.05) is 0 Å². The zero-order valence-corrected chi connectivity index (χ0v) is 12.8. The predicted octanol–water partition coefficient (Wildman–Crippen LogP) is 2.25. The fraction of sp³-hybridized carbons (Fsp3) is 0.0625. The molecule has 0 aliphatic heterocycles. The van der Waals surface area contributed by atoms with E-state index in [1.165, 1.54) is 0 Å². The minimum atomic E-state index is -3.49. The number of para-hydroxylation sites is 2. The highest BCUT2D eigenvalue weighted by Gasteiger charge is 2.20. The third-order valence-electron chi connectivity index (χ3n) is 3.63. The molecule has 0 unspecified atom stereocenters. The fourth-order valence-electron chi connectivity index (χ4n) is 2.55. The molecule has 0 atom stereocenters. The maximum absolute atomic E-state index is 12.6. The molecule has 2 heterocycles. The van der Waals surface area contributed by atoms with Gasteiger partial charge < -0.3 is 0 Å². The lowest BCUT2D eigenvalue weighted by molar-refractivity contribution is 0.595. The van der Waals surface area contributed by atoms with E-state index in [0.29, 0.717) is 16.9 Å². The van der Waals surface area contributed by atoms with Crippen molar-refractivity contribution in [3.63, 3.8) is 0 Å². The van der Waals surface area contributed by atoms with E-state index in [4.69, 9.17) is 0 Å². The van der Waals surface area contributed by atoms with Gasteiger partial charge in [-0.3, -0.25) is 4.40 Å². The second-order valence-corrected chi connectivity index (χ2v) is 7.13. The first-order valence-electron chi connectivity index (χ1n) is 7.00. The number of hydrogen-bond donors (Lipinski definition) is 0. The Kier molecular flexibility index (Phi) is 3.09. The number of hydrogen-bond acceptors (Lipinski definition) is 5. The summed E-state index contributed by atoms with van der Waals surface area (Å²) in [6.45, 7) is 0. The molecule has 0 fully saturated rings. The largest absolute Gasteiger partial charge is 0.278 e. The van der Waals surface area contributed by atoms with Crippen molar-refractivity contribution in [3.8, 4) is 0 Å². The van der Waals surface area contributed by atoms with Gasteiger partial charge in [0.1, 0.15) is 17.8 Å². The van der Waals surface area contributed by atoms with Crippen LogP contribution in [0, 0.1) is 0 Å². The van der Waals surface area contributed by atoms with E-state index in [2.05, 4.69) is 15.2 Å². The van der Waals surface area contributed by atoms with Crippen LogP contribution < -0.4 is 0 Å². The van der Waals surface area contributed by atoms with Gasteiger partial charge in [0.2, 0.25) is 0 Å². The van der Waals surface area contributed by atoms with Gasteiger partial charge in [-0.05, 0) is 24.3 Å². The van der Waals surface area contributed by atoms with Gasteiger partial charge in [0, 0.05) is 0 Å². The van der Waals surface area contributed by atoms with Crippen LogP contribution in [0.25, 0.3) is 16.7 Å². The second kappa shape index (κ2) is 5.13. The third kappa shape index (κ3) is 2.35. The van der Waals surface area contributed by atoms with Gasteiger partial charge in [-0.25, -0.2) is 13.4 Å². The van der Waals surface area contributed by atoms with E-state index < -0.39 is 9.84 Å². The molecule has 2 aromatic carbocycles. The Labute approximate surface area is 132 Å². The van der Waals surface area contributed by atoms with Crippen LogP contribution >= 0.6 is 0 Å². The summed E-state index contributed by atoms with van der Waals surface area (Å²) in [5.74, 6) is -0.218. The number of aromatic nitrogens is 4. The van der Waals surface area contributed by atoms with E-state index in [0.717, 1.165) is 5.52 Å². The maximum atomic E-state index is 12.6. The summed E-state index contributed by atoms with van der Waals surface area (Å²) < 4.78 is 27.0. The van der Waals surface area contributed by atoms with Gasteiger partial charge in [-0.2, -0.15) is 0 Å². The highest BCUT2D eigenvalue weighted by Crippen LogP contribution is 2.21. The van der Waals surface area contributed by atoms with Crippen molar-refractivity contribution < 1.29 is 8.42 Å². The lowest BCUT2D eigenvalue weighted by Gasteiger charge is -2.07. The molecule has 0 amide bonds. The first kappa shape index (κ1) is 13.8. The highest BCUT2D eigenvalue weighted by atomic mass is 32.2. The normalized spacial score (nSPS) is 12.0. The molecule has 0 bridgehead atoms. The van der Waals surface area contributed by atoms with Crippen LogP contribution in [0.4, 0.5) is 0 Å². The number of fused-ring (bicyclic) bond motifs is 3. The molecule has 4 rings (SSSR count). The molecule has 6 nitrogen and oxygen atoms in total. The second-order valence-electron chi connectivity index (χ2n) is 5.14. The molecule has 0 saturated heterocycles. The summed E-state index contributed by atoms with van der Waals surface area (Å²) in [6.07, 6.45) is 1.57. The lowest BCUT2D eigenvalue weighted by atomic mass is 10.3. The van der Waals surface area contributed by atoms with Gasteiger partial charge >= 0.3 is 0 Å². The standard InChI is InChI=1S/C16H12N4O2S/c21-23(22,12-6-2-1-3-7-12)10-14-16-19-17-11-20(16)15-9-5-4-8-13(15)18-14/h1-9,11H,10H2. The Morgan fingerprint density at radius 3 is 2.52 bits per heavy atom. The minimum absolute atomic E-state index is 0.218. The number of nitrogens with zero attached hydrogens (tertiary/aromatic N) is 4. The number of benzene rings is 2. The van der Waals surface area contributed by atoms with Crippen LogP contribution in [-0.4, -0.2) is 28.0 Å². The average molecular weight is 324 g/mol. The van der Waals surface area contributed by atoms with E-state index in [9.17, 15) is 8.42 Å². The van der Waals surface area contributed by atoms with Gasteiger partial charge in [0.25, 0.3) is 0 Å². The van der Waals surface area contributed by atoms with E-state index in [1.54, 1.807) is 41.1 Å². The molecule has 7 heteroatoms. The van der Waals surface area contributed by atoms with Crippen LogP contribution in [0.1, 0.15) is 5.69 Å². The van der Waals surface area contributed by atoms with Crippen molar-refractivity contribution in [2.45, 2.75) is 10.6 Å². The van der Waals surface area contributed by atoms with Crippen LogP contribution in [0.5, 0.6) is 0 Å². The Hall–Kier alpha value is -2.80. The van der Waals surface area contributed by atoms with Gasteiger partial charge in [-0.15, -0.1) is 10.2 Å². The van der Waals surface area contributed by atoms with Gasteiger partial charge in [0.05, 0.1) is 15.9 Å². The lowest BCUT2D eigenvalue weighted by Crippen LogP contribution is -2.08. The molecule has 2 aromatic heterocycles. The molecule has 0 spiro atoms. The molecule has 0 saturated carbocycles. The summed E-state index contributed by atoms with van der Waals surface area (Å²) in [4.78, 5) is 4.75. The fourth-order valence-corrected chi connectivity index (χ4v) is 3.85. The number of rotatable bonds is 3. The van der Waals surface area contributed by atoms with Gasteiger partial charge in [-0.1, -0.05) is 30.3 Å². The smallest absolute Gasteiger partial charge is 0.184 e. The van der Waals surface area contributed by atoms with Gasteiger partial charge in [0.15, 0.2) is 15.5 Å². The molecule has 0 aliphatic carbocycles. The topological polar surface area (TPSA) is 77.2 Å². The summed E-state index contributed by atoms with van der Waals surface area (Å²) in [6, 6.07) is 15.8. The van der Waals surface area contributed by atoms with Crippen molar-refractivity contribution in [3.05, 3.63) is 66.6 Å². The molecule has 0 N–H and O–H groups in total. The molecule has 23 heavy (non-hydrogen) atoms. The summed E-state index contributed by atoms with van der Waals surface area (Å²) in [5.41, 5.74) is 2.40. The molecule has 0 aliphatic rings. The summed E-state index contributed by atoms with van der Waals surface area (Å²) in [7, 11) is -3.49. The molecule has 0 radical (unpaired) electrons. The molecule has 114 valence electrons. The van der Waals surface area contributed by atoms with Crippen LogP contribution in [0.15, 0.2) is 65.8 Å². The van der Waals surface area contributed by atoms with Crippen molar-refractivity contribution in [2.24, 2.45) is 0 Å². The van der Waals surface area contributed by atoms with Crippen molar-refractivity contribution >= 4 is 26.5 Å². The predicted molar refractivity (Wildman–Crippen MR) is 85.6 cm³/mol. The Bertz CT molecular complexity index is 1100. The Morgan fingerprint density at radius 2 is 1.70 bits per heavy atom. The van der Waals surface area contributed by atoms with Crippen LogP contribution in [0.3, 0.4) is 0 Å². The first-order chi connectivity index (χ1) is 11.1. The molecular weight excluding hydrogens is 312 g/mol.